The van der Waals surface area contributed by atoms with Crippen LogP contribution in [0.4, 0.5) is 4.39 Å². The van der Waals surface area contributed by atoms with Crippen LogP contribution >= 0.6 is 22.9 Å². The maximum absolute atomic E-state index is 13.3. The monoisotopic (exact) mass is 471 g/mol. The number of aromatic nitrogens is 1. The van der Waals surface area contributed by atoms with Crippen molar-refractivity contribution in [3.63, 3.8) is 0 Å². The zero-order valence-electron chi connectivity index (χ0n) is 15.5. The van der Waals surface area contributed by atoms with Gasteiger partial charge in [-0.3, -0.25) is 9.59 Å². The molecule has 0 aliphatic carbocycles. The molecule has 0 aliphatic rings. The fourth-order valence-corrected chi connectivity index (χ4v) is 4.54. The van der Waals surface area contributed by atoms with E-state index >= 15 is 0 Å². The lowest BCUT2D eigenvalue weighted by Gasteiger charge is -2.06. The molecule has 0 radical (unpaired) electrons. The third-order valence-electron chi connectivity index (χ3n) is 3.93. The SMILES string of the molecule is CCOC(=O)Cn1c(=NC(=O)c2ccc(F)cc2Cl)sc2cc(S(N)(=O)=O)ccc21. The normalized spacial score (nSPS) is 12.3. The lowest BCUT2D eigenvalue weighted by Crippen LogP contribution is -2.23. The van der Waals surface area contributed by atoms with E-state index in [1.807, 2.05) is 0 Å². The van der Waals surface area contributed by atoms with Gasteiger partial charge in [-0.2, -0.15) is 4.99 Å². The maximum atomic E-state index is 13.3. The molecule has 0 aliphatic heterocycles. The average molecular weight is 472 g/mol. The minimum Gasteiger partial charge on any atom is -0.465 e. The molecular formula is C18H15ClFN3O5S2. The van der Waals surface area contributed by atoms with Crippen molar-refractivity contribution >= 4 is 55.1 Å². The molecule has 1 heterocycles. The standard InChI is InChI=1S/C18H15ClFN3O5S2/c1-2-28-16(24)9-23-14-6-4-11(30(21,26)27)8-15(14)29-18(23)22-17(25)12-5-3-10(20)7-13(12)19/h3-8H,2,9H2,1H3,(H2,21,26,27). The summed E-state index contributed by atoms with van der Waals surface area (Å²) in [6, 6.07) is 7.33. The van der Waals surface area contributed by atoms with E-state index in [0.717, 1.165) is 23.5 Å². The summed E-state index contributed by atoms with van der Waals surface area (Å²) >= 11 is 6.90. The summed E-state index contributed by atoms with van der Waals surface area (Å²) in [6.07, 6.45) is 0. The van der Waals surface area contributed by atoms with Gasteiger partial charge in [0.05, 0.1) is 32.3 Å². The molecule has 1 aromatic heterocycles. The van der Waals surface area contributed by atoms with Gasteiger partial charge < -0.3 is 9.30 Å². The first-order chi connectivity index (χ1) is 14.1. The topological polar surface area (TPSA) is 121 Å². The van der Waals surface area contributed by atoms with E-state index in [4.69, 9.17) is 21.5 Å². The number of rotatable bonds is 5. The summed E-state index contributed by atoms with van der Waals surface area (Å²) in [5.74, 6) is -1.93. The highest BCUT2D eigenvalue weighted by molar-refractivity contribution is 7.89. The number of hydrogen-bond donors (Lipinski definition) is 1. The van der Waals surface area contributed by atoms with E-state index in [9.17, 15) is 22.4 Å². The van der Waals surface area contributed by atoms with Crippen LogP contribution in [0.5, 0.6) is 0 Å². The van der Waals surface area contributed by atoms with Gasteiger partial charge in [0.1, 0.15) is 12.4 Å². The molecule has 2 N–H and O–H groups in total. The van der Waals surface area contributed by atoms with Crippen molar-refractivity contribution in [2.75, 3.05) is 6.61 Å². The molecule has 3 aromatic rings. The van der Waals surface area contributed by atoms with Crippen LogP contribution in [0.3, 0.4) is 0 Å². The van der Waals surface area contributed by atoms with Crippen molar-refractivity contribution in [3.8, 4) is 0 Å². The second kappa shape index (κ2) is 8.64. The minimum absolute atomic E-state index is 0.0246. The number of fused-ring (bicyclic) bond motifs is 1. The molecule has 8 nitrogen and oxygen atoms in total. The summed E-state index contributed by atoms with van der Waals surface area (Å²) in [7, 11) is -3.95. The zero-order valence-corrected chi connectivity index (χ0v) is 17.9. The molecule has 0 atom stereocenters. The number of halogens is 2. The van der Waals surface area contributed by atoms with Crippen molar-refractivity contribution < 1.29 is 27.1 Å². The minimum atomic E-state index is -3.95. The lowest BCUT2D eigenvalue weighted by molar-refractivity contribution is -0.143. The van der Waals surface area contributed by atoms with Crippen molar-refractivity contribution in [2.24, 2.45) is 10.1 Å². The Morgan fingerprint density at radius 1 is 1.27 bits per heavy atom. The smallest absolute Gasteiger partial charge is 0.326 e. The number of benzene rings is 2. The third-order valence-corrected chi connectivity index (χ3v) is 6.20. The largest absolute Gasteiger partial charge is 0.465 e. The van der Waals surface area contributed by atoms with Gasteiger partial charge in [-0.25, -0.2) is 17.9 Å². The molecule has 0 spiro atoms. The summed E-state index contributed by atoms with van der Waals surface area (Å²) in [5.41, 5.74) is 0.431. The Labute approximate surface area is 179 Å². The Bertz CT molecular complexity index is 1330. The van der Waals surface area contributed by atoms with Crippen LogP contribution in [0.25, 0.3) is 10.2 Å². The van der Waals surface area contributed by atoms with Crippen LogP contribution in [-0.2, 0) is 26.1 Å². The molecule has 0 saturated carbocycles. The van der Waals surface area contributed by atoms with Gasteiger partial charge in [0.2, 0.25) is 10.0 Å². The van der Waals surface area contributed by atoms with Crippen molar-refractivity contribution in [1.29, 1.82) is 0 Å². The summed E-state index contributed by atoms with van der Waals surface area (Å²) in [5, 5.41) is 5.06. The zero-order chi connectivity index (χ0) is 22.1. The number of ether oxygens (including phenoxy) is 1. The van der Waals surface area contributed by atoms with E-state index in [1.54, 1.807) is 6.92 Å². The predicted molar refractivity (Wildman–Crippen MR) is 109 cm³/mol. The molecule has 30 heavy (non-hydrogen) atoms. The highest BCUT2D eigenvalue weighted by Gasteiger charge is 2.17. The van der Waals surface area contributed by atoms with E-state index in [1.165, 1.54) is 28.8 Å². The molecule has 12 heteroatoms. The Balaban J connectivity index is 2.18. The number of nitrogens with zero attached hydrogens (tertiary/aromatic N) is 2. The molecule has 2 aromatic carbocycles. The van der Waals surface area contributed by atoms with Gasteiger partial charge in [-0.15, -0.1) is 0 Å². The number of primary sulfonamides is 1. The maximum Gasteiger partial charge on any atom is 0.326 e. The van der Waals surface area contributed by atoms with Crippen LogP contribution in [0.2, 0.25) is 5.02 Å². The van der Waals surface area contributed by atoms with Gasteiger partial charge in [-0.05, 0) is 43.3 Å². The van der Waals surface area contributed by atoms with E-state index in [2.05, 4.69) is 4.99 Å². The summed E-state index contributed by atoms with van der Waals surface area (Å²) in [4.78, 5) is 28.6. The summed E-state index contributed by atoms with van der Waals surface area (Å²) < 4.78 is 43.3. The second-order valence-electron chi connectivity index (χ2n) is 5.99. The molecule has 0 bridgehead atoms. The van der Waals surface area contributed by atoms with Crippen LogP contribution in [0.15, 0.2) is 46.3 Å². The molecule has 1 amide bonds. The highest BCUT2D eigenvalue weighted by atomic mass is 35.5. The number of carbonyl (C=O) groups excluding carboxylic acids is 2. The number of esters is 1. The number of sulfonamides is 1. The van der Waals surface area contributed by atoms with E-state index in [-0.39, 0.29) is 33.4 Å². The summed E-state index contributed by atoms with van der Waals surface area (Å²) in [6.45, 7) is 1.55. The lowest BCUT2D eigenvalue weighted by atomic mass is 10.2. The fourth-order valence-electron chi connectivity index (χ4n) is 2.61. The van der Waals surface area contributed by atoms with Gasteiger partial charge in [0.15, 0.2) is 4.80 Å². The number of nitrogens with two attached hydrogens (primary N) is 1. The number of hydrogen-bond acceptors (Lipinski definition) is 6. The van der Waals surface area contributed by atoms with Crippen molar-refractivity contribution in [2.45, 2.75) is 18.4 Å². The quantitative estimate of drug-likeness (QED) is 0.573. The average Bonchev–Trinajstić information content (AvgIpc) is 2.97. The first kappa shape index (κ1) is 22.1. The number of carbonyl (C=O) groups is 2. The first-order valence-electron chi connectivity index (χ1n) is 8.46. The van der Waals surface area contributed by atoms with Gasteiger partial charge >= 0.3 is 5.97 Å². The van der Waals surface area contributed by atoms with Crippen LogP contribution in [0.1, 0.15) is 17.3 Å². The highest BCUT2D eigenvalue weighted by Crippen LogP contribution is 2.22. The molecule has 0 saturated heterocycles. The van der Waals surface area contributed by atoms with Crippen LogP contribution in [-0.4, -0.2) is 31.5 Å². The van der Waals surface area contributed by atoms with Gasteiger partial charge in [-0.1, -0.05) is 22.9 Å². The first-order valence-corrected chi connectivity index (χ1v) is 11.2. The van der Waals surface area contributed by atoms with Crippen LogP contribution < -0.4 is 9.94 Å². The van der Waals surface area contributed by atoms with E-state index in [0.29, 0.717) is 10.2 Å². The van der Waals surface area contributed by atoms with Gasteiger partial charge in [0.25, 0.3) is 5.91 Å². The predicted octanol–water partition coefficient (Wildman–Crippen LogP) is 2.45. The second-order valence-corrected chi connectivity index (χ2v) is 8.97. The van der Waals surface area contributed by atoms with Crippen molar-refractivity contribution in [3.05, 3.63) is 57.6 Å². The number of amides is 1. The third kappa shape index (κ3) is 4.75. The Hall–Kier alpha value is -2.60. The van der Waals surface area contributed by atoms with E-state index < -0.39 is 27.7 Å². The Kier molecular flexibility index (Phi) is 6.36. The van der Waals surface area contributed by atoms with Crippen LogP contribution in [0, 0.1) is 5.82 Å². The Morgan fingerprint density at radius 3 is 2.63 bits per heavy atom. The molecule has 0 fully saturated rings. The molecular weight excluding hydrogens is 457 g/mol. The Morgan fingerprint density at radius 2 is 2.00 bits per heavy atom. The van der Waals surface area contributed by atoms with Gasteiger partial charge in [0, 0.05) is 0 Å². The molecule has 158 valence electrons. The van der Waals surface area contributed by atoms with Crippen molar-refractivity contribution in [1.82, 2.24) is 4.57 Å². The fraction of sp³-hybridized carbons (Fsp3) is 0.167. The number of thiazole rings is 1. The molecule has 0 unspecified atom stereocenters. The molecule has 3 rings (SSSR count).